The number of nitrogens with zero attached hydrogens (tertiary/aromatic N) is 1. The Kier molecular flexibility index (Phi) is 4.14. The second kappa shape index (κ2) is 5.49. The van der Waals surface area contributed by atoms with Crippen molar-refractivity contribution < 1.29 is 13.2 Å². The molecule has 2 N–H and O–H groups in total. The van der Waals surface area contributed by atoms with Crippen LogP contribution in [0.3, 0.4) is 0 Å². The number of thioether (sulfide) groups is 1. The zero-order chi connectivity index (χ0) is 14.0. The maximum atomic E-state index is 11.6. The number of fused-ring (bicyclic) bond motifs is 1. The van der Waals surface area contributed by atoms with Crippen LogP contribution in [0.1, 0.15) is 5.56 Å². The third-order valence-corrected chi connectivity index (χ3v) is 5.16. The van der Waals surface area contributed by atoms with E-state index >= 15 is 0 Å². The number of nitrogens with one attached hydrogen (secondary N) is 2. The number of carbonyl (C=O) groups excluding carboxylic acids is 1. The van der Waals surface area contributed by atoms with E-state index in [1.165, 1.54) is 25.9 Å². The molecule has 1 aromatic rings. The van der Waals surface area contributed by atoms with E-state index in [0.717, 1.165) is 20.5 Å². The van der Waals surface area contributed by atoms with Gasteiger partial charge in [0, 0.05) is 25.5 Å². The SMILES string of the molecule is CN(C)S(=O)(=O)NCc1ccc2c(c1)NC(=O)CS2. The fourth-order valence-corrected chi connectivity index (χ4v) is 2.94. The first-order chi connectivity index (χ1) is 8.88. The van der Waals surface area contributed by atoms with E-state index in [9.17, 15) is 13.2 Å². The molecule has 6 nitrogen and oxygen atoms in total. The van der Waals surface area contributed by atoms with Crippen LogP contribution in [-0.2, 0) is 21.5 Å². The number of benzene rings is 1. The van der Waals surface area contributed by atoms with E-state index in [1.54, 1.807) is 6.07 Å². The highest BCUT2D eigenvalue weighted by Gasteiger charge is 2.16. The van der Waals surface area contributed by atoms with Crippen molar-refractivity contribution in [3.63, 3.8) is 0 Å². The Morgan fingerprint density at radius 2 is 2.16 bits per heavy atom. The zero-order valence-corrected chi connectivity index (χ0v) is 12.3. The lowest BCUT2D eigenvalue weighted by molar-refractivity contribution is -0.113. The van der Waals surface area contributed by atoms with Crippen molar-refractivity contribution in [2.75, 3.05) is 25.2 Å². The lowest BCUT2D eigenvalue weighted by Crippen LogP contribution is -2.35. The van der Waals surface area contributed by atoms with Crippen LogP contribution in [0.4, 0.5) is 5.69 Å². The minimum absolute atomic E-state index is 0.0384. The van der Waals surface area contributed by atoms with Crippen LogP contribution in [0.2, 0.25) is 0 Å². The summed E-state index contributed by atoms with van der Waals surface area (Å²) < 4.78 is 26.8. The number of rotatable bonds is 4. The minimum atomic E-state index is -3.44. The zero-order valence-electron chi connectivity index (χ0n) is 10.6. The molecule has 1 heterocycles. The van der Waals surface area contributed by atoms with E-state index in [0.29, 0.717) is 5.75 Å². The van der Waals surface area contributed by atoms with E-state index in [4.69, 9.17) is 0 Å². The monoisotopic (exact) mass is 301 g/mol. The Bertz CT molecular complexity index is 599. The fourth-order valence-electron chi connectivity index (χ4n) is 1.54. The maximum absolute atomic E-state index is 11.6. The summed E-state index contributed by atoms with van der Waals surface area (Å²) in [5.74, 6) is 0.378. The van der Waals surface area contributed by atoms with Crippen LogP contribution in [0, 0.1) is 0 Å². The number of hydrogen-bond acceptors (Lipinski definition) is 4. The highest BCUT2D eigenvalue weighted by molar-refractivity contribution is 8.00. The molecule has 0 saturated heterocycles. The lowest BCUT2D eigenvalue weighted by Gasteiger charge is -2.17. The number of anilines is 1. The predicted molar refractivity (Wildman–Crippen MR) is 75.2 cm³/mol. The van der Waals surface area contributed by atoms with Gasteiger partial charge in [0.05, 0.1) is 11.4 Å². The molecule has 0 bridgehead atoms. The molecule has 0 saturated carbocycles. The van der Waals surface area contributed by atoms with Crippen LogP contribution >= 0.6 is 11.8 Å². The molecule has 1 aliphatic heterocycles. The molecule has 19 heavy (non-hydrogen) atoms. The summed E-state index contributed by atoms with van der Waals surface area (Å²) >= 11 is 1.48. The van der Waals surface area contributed by atoms with Crippen molar-refractivity contribution in [3.8, 4) is 0 Å². The summed E-state index contributed by atoms with van der Waals surface area (Å²) in [5, 5.41) is 2.77. The summed E-state index contributed by atoms with van der Waals surface area (Å²) in [4.78, 5) is 12.3. The number of amides is 1. The van der Waals surface area contributed by atoms with Crippen LogP contribution < -0.4 is 10.0 Å². The van der Waals surface area contributed by atoms with Gasteiger partial charge in [0.15, 0.2) is 0 Å². The third kappa shape index (κ3) is 3.47. The summed E-state index contributed by atoms with van der Waals surface area (Å²) in [6.07, 6.45) is 0. The Morgan fingerprint density at radius 1 is 1.42 bits per heavy atom. The molecule has 1 amide bonds. The van der Waals surface area contributed by atoms with Crippen molar-refractivity contribution in [3.05, 3.63) is 23.8 Å². The summed E-state index contributed by atoms with van der Waals surface area (Å²) in [7, 11) is -0.509. The average molecular weight is 301 g/mol. The van der Waals surface area contributed by atoms with Crippen LogP contribution in [0.25, 0.3) is 0 Å². The molecule has 1 aliphatic rings. The first-order valence-electron chi connectivity index (χ1n) is 5.61. The Morgan fingerprint density at radius 3 is 2.84 bits per heavy atom. The highest BCUT2D eigenvalue weighted by Crippen LogP contribution is 2.31. The van der Waals surface area contributed by atoms with Crippen LogP contribution in [0.5, 0.6) is 0 Å². The molecule has 1 aromatic carbocycles. The summed E-state index contributed by atoms with van der Waals surface area (Å²) in [6.45, 7) is 0.189. The molecule has 8 heteroatoms. The van der Waals surface area contributed by atoms with Gasteiger partial charge >= 0.3 is 0 Å². The van der Waals surface area contributed by atoms with Gasteiger partial charge in [-0.3, -0.25) is 4.79 Å². The highest BCUT2D eigenvalue weighted by atomic mass is 32.2. The maximum Gasteiger partial charge on any atom is 0.279 e. The molecule has 0 aliphatic carbocycles. The smallest absolute Gasteiger partial charge is 0.279 e. The number of hydrogen-bond donors (Lipinski definition) is 2. The second-order valence-corrected chi connectivity index (χ2v) is 7.26. The van der Waals surface area contributed by atoms with E-state index in [2.05, 4.69) is 10.0 Å². The standard InChI is InChI=1S/C11H15N3O3S2/c1-14(2)19(16,17)12-6-8-3-4-10-9(5-8)13-11(15)7-18-10/h3-5,12H,6-7H2,1-2H3,(H,13,15). The van der Waals surface area contributed by atoms with E-state index in [1.807, 2.05) is 12.1 Å². The molecule has 104 valence electrons. The van der Waals surface area contributed by atoms with Crippen molar-refractivity contribution in [2.24, 2.45) is 0 Å². The molecule has 2 rings (SSSR count). The molecule has 0 unspecified atom stereocenters. The van der Waals surface area contributed by atoms with Gasteiger partial charge in [0.2, 0.25) is 5.91 Å². The summed E-state index contributed by atoms with van der Waals surface area (Å²) in [6, 6.07) is 5.53. The molecular formula is C11H15N3O3S2. The molecule has 0 radical (unpaired) electrons. The van der Waals surface area contributed by atoms with Gasteiger partial charge in [0.1, 0.15) is 0 Å². The Labute approximate surface area is 116 Å². The van der Waals surface area contributed by atoms with Gasteiger partial charge in [-0.25, -0.2) is 0 Å². The van der Waals surface area contributed by atoms with Crippen molar-refractivity contribution in [1.82, 2.24) is 9.03 Å². The van der Waals surface area contributed by atoms with E-state index < -0.39 is 10.2 Å². The topological polar surface area (TPSA) is 78.5 Å². The minimum Gasteiger partial charge on any atom is -0.324 e. The average Bonchev–Trinajstić information content (AvgIpc) is 2.35. The van der Waals surface area contributed by atoms with Crippen molar-refractivity contribution in [2.45, 2.75) is 11.4 Å². The molecule has 0 aromatic heterocycles. The van der Waals surface area contributed by atoms with Crippen molar-refractivity contribution >= 4 is 33.6 Å². The van der Waals surface area contributed by atoms with Gasteiger partial charge < -0.3 is 5.32 Å². The Hall–Kier alpha value is -1.09. The molecule has 0 atom stereocenters. The third-order valence-electron chi connectivity index (χ3n) is 2.62. The molecule has 0 fully saturated rings. The lowest BCUT2D eigenvalue weighted by atomic mass is 10.2. The Balaban J connectivity index is 2.11. The predicted octanol–water partition coefficient (Wildman–Crippen LogP) is 0.627. The molecule has 0 spiro atoms. The molecular weight excluding hydrogens is 286 g/mol. The van der Waals surface area contributed by atoms with Gasteiger partial charge in [-0.1, -0.05) is 6.07 Å². The van der Waals surface area contributed by atoms with Gasteiger partial charge in [-0.05, 0) is 17.7 Å². The normalized spacial score (nSPS) is 15.2. The van der Waals surface area contributed by atoms with Gasteiger partial charge in [-0.15, -0.1) is 11.8 Å². The van der Waals surface area contributed by atoms with E-state index in [-0.39, 0.29) is 12.5 Å². The fraction of sp³-hybridized carbons (Fsp3) is 0.364. The second-order valence-electron chi connectivity index (χ2n) is 4.28. The van der Waals surface area contributed by atoms with Crippen molar-refractivity contribution in [1.29, 1.82) is 0 Å². The van der Waals surface area contributed by atoms with Gasteiger partial charge in [-0.2, -0.15) is 17.4 Å². The quantitative estimate of drug-likeness (QED) is 0.855. The van der Waals surface area contributed by atoms with Crippen LogP contribution in [-0.4, -0.2) is 38.5 Å². The number of carbonyl (C=O) groups is 1. The first kappa shape index (κ1) is 14.3. The van der Waals surface area contributed by atoms with Gasteiger partial charge in [0.25, 0.3) is 10.2 Å². The largest absolute Gasteiger partial charge is 0.324 e. The van der Waals surface area contributed by atoms with Crippen LogP contribution in [0.15, 0.2) is 23.1 Å². The first-order valence-corrected chi connectivity index (χ1v) is 8.04. The summed E-state index contributed by atoms with van der Waals surface area (Å²) in [5.41, 5.74) is 1.54.